The highest BCUT2D eigenvalue weighted by molar-refractivity contribution is 7.92. The van der Waals surface area contributed by atoms with Gasteiger partial charge in [-0.1, -0.05) is 12.8 Å². The third kappa shape index (κ3) is 2.90. The van der Waals surface area contributed by atoms with E-state index in [1.165, 1.54) is 17.0 Å². The molecule has 0 saturated heterocycles. The van der Waals surface area contributed by atoms with Gasteiger partial charge in [0.15, 0.2) is 15.5 Å². The van der Waals surface area contributed by atoms with E-state index >= 15 is 0 Å². The fourth-order valence-electron chi connectivity index (χ4n) is 2.48. The number of rotatable bonds is 3. The first-order valence-electron chi connectivity index (χ1n) is 6.74. The number of nitrogens with zero attached hydrogens (tertiary/aromatic N) is 3. The molecule has 112 valence electrons. The van der Waals surface area contributed by atoms with E-state index in [2.05, 4.69) is 4.98 Å². The van der Waals surface area contributed by atoms with Gasteiger partial charge >= 0.3 is 0 Å². The summed E-state index contributed by atoms with van der Waals surface area (Å²) in [6.45, 7) is 0. The molecule has 7 heteroatoms. The molecule has 6 nitrogen and oxygen atoms in total. The number of carbonyl (C=O) groups excluding carboxylic acids is 1. The molecule has 1 amide bonds. The molecule has 0 N–H and O–H groups in total. The van der Waals surface area contributed by atoms with E-state index in [0.717, 1.165) is 12.8 Å². The van der Waals surface area contributed by atoms with Gasteiger partial charge in [-0.2, -0.15) is 5.26 Å². The van der Waals surface area contributed by atoms with Crippen LogP contribution in [0.2, 0.25) is 0 Å². The lowest BCUT2D eigenvalue weighted by molar-refractivity contribution is 0.0821. The minimum absolute atomic E-state index is 0.0628. The van der Waals surface area contributed by atoms with Gasteiger partial charge in [0.25, 0.3) is 5.91 Å². The van der Waals surface area contributed by atoms with Gasteiger partial charge in [-0.25, -0.2) is 13.4 Å². The van der Waals surface area contributed by atoms with E-state index in [-0.39, 0.29) is 22.2 Å². The van der Waals surface area contributed by atoms with Gasteiger partial charge in [-0.05, 0) is 25.0 Å². The lowest BCUT2D eigenvalue weighted by atomic mass is 10.3. The fourth-order valence-corrected chi connectivity index (χ4v) is 4.41. The zero-order chi connectivity index (χ0) is 15.6. The Kier molecular flexibility index (Phi) is 4.28. The first-order chi connectivity index (χ1) is 9.87. The molecule has 0 unspecified atom stereocenters. The second kappa shape index (κ2) is 5.82. The van der Waals surface area contributed by atoms with Crippen molar-refractivity contribution in [2.75, 3.05) is 14.1 Å². The molecule has 2 rings (SSSR count). The second-order valence-electron chi connectivity index (χ2n) is 5.31. The van der Waals surface area contributed by atoms with Gasteiger partial charge in [0, 0.05) is 14.1 Å². The van der Waals surface area contributed by atoms with Crippen LogP contribution in [-0.4, -0.2) is 43.6 Å². The number of pyridine rings is 1. The van der Waals surface area contributed by atoms with Crippen LogP contribution in [0.4, 0.5) is 0 Å². The monoisotopic (exact) mass is 307 g/mol. The Morgan fingerprint density at radius 2 is 1.95 bits per heavy atom. The number of sulfone groups is 1. The summed E-state index contributed by atoms with van der Waals surface area (Å²) in [5.41, 5.74) is -0.128. The molecule has 0 radical (unpaired) electrons. The number of carbonyl (C=O) groups is 1. The average molecular weight is 307 g/mol. The zero-order valence-corrected chi connectivity index (χ0v) is 12.9. The van der Waals surface area contributed by atoms with Crippen molar-refractivity contribution in [2.24, 2.45) is 0 Å². The largest absolute Gasteiger partial charge is 0.343 e. The quantitative estimate of drug-likeness (QED) is 0.841. The first-order valence-corrected chi connectivity index (χ1v) is 8.29. The molecule has 0 aromatic carbocycles. The molecule has 1 fully saturated rings. The summed E-state index contributed by atoms with van der Waals surface area (Å²) in [6.07, 6.45) is 3.00. The SMILES string of the molecule is CN(C)C(=O)c1ccc(S(=O)(=O)C2CCCC2)c(C#N)n1. The summed E-state index contributed by atoms with van der Waals surface area (Å²) >= 11 is 0. The van der Waals surface area contributed by atoms with Crippen LogP contribution in [0.25, 0.3) is 0 Å². The number of hydrogen-bond acceptors (Lipinski definition) is 5. The standard InChI is InChI=1S/C14H17N3O3S/c1-17(2)14(18)11-7-8-13(12(9-15)16-11)21(19,20)10-5-3-4-6-10/h7-8,10H,3-6H2,1-2H3. The summed E-state index contributed by atoms with van der Waals surface area (Å²) in [5.74, 6) is -0.365. The Balaban J connectivity index is 2.46. The van der Waals surface area contributed by atoms with Crippen LogP contribution in [-0.2, 0) is 9.84 Å². The molecular formula is C14H17N3O3S. The van der Waals surface area contributed by atoms with Gasteiger partial charge in [-0.15, -0.1) is 0 Å². The maximum Gasteiger partial charge on any atom is 0.271 e. The number of amides is 1. The summed E-state index contributed by atoms with van der Waals surface area (Å²) in [5, 5.41) is 8.72. The van der Waals surface area contributed by atoms with E-state index in [1.807, 2.05) is 0 Å². The smallest absolute Gasteiger partial charge is 0.271 e. The van der Waals surface area contributed by atoms with Crippen LogP contribution >= 0.6 is 0 Å². The number of hydrogen-bond donors (Lipinski definition) is 0. The van der Waals surface area contributed by atoms with E-state index in [4.69, 9.17) is 5.26 Å². The van der Waals surface area contributed by atoms with Gasteiger partial charge in [0.2, 0.25) is 0 Å². The predicted molar refractivity (Wildman–Crippen MR) is 76.4 cm³/mol. The summed E-state index contributed by atoms with van der Waals surface area (Å²) in [7, 11) is -0.417. The Morgan fingerprint density at radius 1 is 1.33 bits per heavy atom. The van der Waals surface area contributed by atoms with Crippen molar-refractivity contribution in [1.82, 2.24) is 9.88 Å². The van der Waals surface area contributed by atoms with Crippen LogP contribution in [0.15, 0.2) is 17.0 Å². The highest BCUT2D eigenvalue weighted by Gasteiger charge is 2.33. The number of nitriles is 1. The first kappa shape index (κ1) is 15.4. The van der Waals surface area contributed by atoms with E-state index in [9.17, 15) is 13.2 Å². The highest BCUT2D eigenvalue weighted by Crippen LogP contribution is 2.30. The third-order valence-electron chi connectivity index (χ3n) is 3.64. The molecule has 0 bridgehead atoms. The Morgan fingerprint density at radius 3 is 2.48 bits per heavy atom. The Labute approximate surface area is 124 Å². The second-order valence-corrected chi connectivity index (χ2v) is 7.50. The summed E-state index contributed by atoms with van der Waals surface area (Å²) in [6, 6.07) is 4.49. The van der Waals surface area contributed by atoms with Gasteiger partial charge < -0.3 is 4.90 Å². The van der Waals surface area contributed by atoms with Crippen molar-refractivity contribution >= 4 is 15.7 Å². The molecule has 1 aliphatic rings. The highest BCUT2D eigenvalue weighted by atomic mass is 32.2. The lowest BCUT2D eigenvalue weighted by Crippen LogP contribution is -2.24. The van der Waals surface area contributed by atoms with Gasteiger partial charge in [0.05, 0.1) is 5.25 Å². The predicted octanol–water partition coefficient (Wildman–Crippen LogP) is 1.37. The molecule has 1 aliphatic carbocycles. The summed E-state index contributed by atoms with van der Waals surface area (Å²) in [4.78, 5) is 17.0. The van der Waals surface area contributed by atoms with Crippen LogP contribution in [0.3, 0.4) is 0 Å². The Bertz CT molecular complexity index is 699. The van der Waals surface area contributed by atoms with Crippen molar-refractivity contribution in [3.63, 3.8) is 0 Å². The van der Waals surface area contributed by atoms with E-state index < -0.39 is 15.1 Å². The maximum absolute atomic E-state index is 12.5. The van der Waals surface area contributed by atoms with E-state index in [0.29, 0.717) is 12.8 Å². The normalized spacial score (nSPS) is 15.7. The molecule has 1 heterocycles. The van der Waals surface area contributed by atoms with Crippen LogP contribution in [0.1, 0.15) is 41.9 Å². The minimum Gasteiger partial charge on any atom is -0.343 e. The summed E-state index contributed by atoms with van der Waals surface area (Å²) < 4.78 is 25.1. The van der Waals surface area contributed by atoms with Crippen molar-refractivity contribution in [3.05, 3.63) is 23.5 Å². The van der Waals surface area contributed by atoms with Crippen LogP contribution in [0, 0.1) is 11.3 Å². The zero-order valence-electron chi connectivity index (χ0n) is 12.0. The molecule has 0 aliphatic heterocycles. The fraction of sp³-hybridized carbons (Fsp3) is 0.500. The molecule has 21 heavy (non-hydrogen) atoms. The minimum atomic E-state index is -3.55. The van der Waals surface area contributed by atoms with Crippen LogP contribution < -0.4 is 0 Å². The number of aromatic nitrogens is 1. The topological polar surface area (TPSA) is 91.1 Å². The third-order valence-corrected chi connectivity index (χ3v) is 5.93. The average Bonchev–Trinajstić information content (AvgIpc) is 3.00. The molecule has 1 aromatic rings. The van der Waals surface area contributed by atoms with Crippen molar-refractivity contribution in [1.29, 1.82) is 5.26 Å². The van der Waals surface area contributed by atoms with E-state index in [1.54, 1.807) is 20.2 Å². The van der Waals surface area contributed by atoms with Crippen molar-refractivity contribution in [3.8, 4) is 6.07 Å². The lowest BCUT2D eigenvalue weighted by Gasteiger charge is -2.14. The molecule has 0 atom stereocenters. The molecule has 0 spiro atoms. The van der Waals surface area contributed by atoms with Crippen molar-refractivity contribution in [2.45, 2.75) is 35.8 Å². The van der Waals surface area contributed by atoms with Crippen molar-refractivity contribution < 1.29 is 13.2 Å². The molecule has 1 saturated carbocycles. The van der Waals surface area contributed by atoms with Crippen LogP contribution in [0.5, 0.6) is 0 Å². The Hall–Kier alpha value is -1.94. The maximum atomic E-state index is 12.5. The van der Waals surface area contributed by atoms with Gasteiger partial charge in [0.1, 0.15) is 16.7 Å². The van der Waals surface area contributed by atoms with Gasteiger partial charge in [-0.3, -0.25) is 4.79 Å². The molecular weight excluding hydrogens is 290 g/mol. The molecule has 1 aromatic heterocycles.